The van der Waals surface area contributed by atoms with Crippen LogP contribution in [0, 0.1) is 52.7 Å². The van der Waals surface area contributed by atoms with Gasteiger partial charge in [0.25, 0.3) is 16.7 Å². The average molecular weight is 1790 g/mol. The van der Waals surface area contributed by atoms with E-state index in [1.807, 2.05) is 18.2 Å². The first-order valence-electron chi connectivity index (χ1n) is 40.0. The van der Waals surface area contributed by atoms with Crippen LogP contribution in [0.4, 0.5) is 61.8 Å². The van der Waals surface area contributed by atoms with Crippen LogP contribution in [0.3, 0.4) is 0 Å². The summed E-state index contributed by atoms with van der Waals surface area (Å²) >= 11 is 18.9. The molecule has 39 heteroatoms. The topological polar surface area (TPSA) is 337 Å². The van der Waals surface area contributed by atoms with Crippen LogP contribution in [-0.4, -0.2) is 115 Å². The number of halogens is 11. The van der Waals surface area contributed by atoms with Crippen molar-refractivity contribution in [3.63, 3.8) is 0 Å². The number of hydrogen-bond donors (Lipinski definition) is 3. The van der Waals surface area contributed by atoms with Crippen LogP contribution < -0.4 is 33.0 Å². The maximum atomic E-state index is 15.3. The lowest BCUT2D eigenvalue weighted by Gasteiger charge is -2.20. The third kappa shape index (κ3) is 15.3. The molecule has 3 saturated carbocycles. The van der Waals surface area contributed by atoms with Crippen LogP contribution >= 0.6 is 34.8 Å². The van der Waals surface area contributed by atoms with E-state index < -0.39 is 88.0 Å². The minimum atomic E-state index is -1.36. The lowest BCUT2D eigenvalue weighted by Crippen LogP contribution is -2.29. The minimum absolute atomic E-state index is 0.0131. The normalized spacial score (nSPS) is 20.5. The molecule has 2 amide bonds. The van der Waals surface area contributed by atoms with Gasteiger partial charge in [-0.05, 0) is 241 Å². The standard InChI is InChI=1S/C31H25ClF3N7O3.C31H26ClF2N7O3.C26H17ClF3N7O/c1-31(2,3)45-30(44)38-21-6-5-16(26(33)27(21)34)20-12-22(37-29(20)35)28-19-11-18(19)24-8-14(9-25(43)42(24)28)17-10-15(32)4-7-23(17)41-13-36-39-40-41;1-31(2,3)44-30(43)37-22-6-5-18(27(33)28(22)34)16-8-23(35-13-16)29-21-12-20(21)25-9-15(10-26(42)41(25)29)19-11-17(32)4-7-24(19)40-14-36-38-39-40;27-12-1-4-20(36-10-32-34-35-36)14(7-12)11-5-21-15-8-16(15)25(37(21)22(38)6-11)19-9-17(26(30)33-19)13-2-3-18(31)24(29)23(13)28/h4-10,13,18-19,28H,11-12H2,1-3H3,(H,38,44);4-7,9-11,13-14,20-21,29H,8,12H2,1-3H3,(H,37,43);1-7,10,15-16,25H,8-9,31H2/t18-,19+,28+;20-,21+,29+;15-,16+,25+/m111/s1. The van der Waals surface area contributed by atoms with Gasteiger partial charge >= 0.3 is 12.2 Å². The third-order valence-corrected chi connectivity index (χ3v) is 24.3. The van der Waals surface area contributed by atoms with Crippen LogP contribution in [0.25, 0.3) is 67.2 Å². The number of pyridine rings is 3. The molecular formula is C88H68Cl3F8N21O7. The zero-order valence-electron chi connectivity index (χ0n) is 67.5. The van der Waals surface area contributed by atoms with Gasteiger partial charge in [-0.2, -0.15) is 22.8 Å². The van der Waals surface area contributed by atoms with Crippen LogP contribution in [0.1, 0.15) is 150 Å². The maximum absolute atomic E-state index is 15.3. The van der Waals surface area contributed by atoms with Crippen LogP contribution in [-0.2, 0) is 9.47 Å². The number of benzene rings is 6. The molecule has 9 atom stereocenters. The Bertz CT molecular complexity index is 7080. The number of anilines is 3. The first kappa shape index (κ1) is 82.8. The van der Waals surface area contributed by atoms with Crippen molar-refractivity contribution in [2.75, 3.05) is 16.4 Å². The van der Waals surface area contributed by atoms with Crippen molar-refractivity contribution in [1.29, 1.82) is 0 Å². The van der Waals surface area contributed by atoms with Crippen molar-refractivity contribution in [3.8, 4) is 50.4 Å². The van der Waals surface area contributed by atoms with Gasteiger partial charge in [0.05, 0.1) is 52.2 Å². The van der Waals surface area contributed by atoms with E-state index in [9.17, 15) is 45.9 Å². The molecule has 0 spiro atoms. The van der Waals surface area contributed by atoms with Gasteiger partial charge in [0, 0.05) is 155 Å². The molecule has 3 fully saturated rings. The summed E-state index contributed by atoms with van der Waals surface area (Å²) in [6.07, 6.45) is 6.63. The molecule has 644 valence electrons. The summed E-state index contributed by atoms with van der Waals surface area (Å²) in [5.41, 5.74) is 11.7. The number of nitrogens with one attached hydrogen (secondary N) is 2. The van der Waals surface area contributed by atoms with E-state index >= 15 is 13.2 Å². The molecule has 127 heavy (non-hydrogen) atoms. The van der Waals surface area contributed by atoms with Crippen LogP contribution in [0.5, 0.6) is 0 Å². The number of nitrogen functional groups attached to an aromatic ring is 1. The Hall–Kier alpha value is -13.7. The fourth-order valence-electron chi connectivity index (χ4n) is 18.0. The summed E-state index contributed by atoms with van der Waals surface area (Å²) in [4.78, 5) is 77.7. The molecule has 12 aromatic rings. The van der Waals surface area contributed by atoms with Crippen molar-refractivity contribution in [1.82, 2.24) is 74.3 Å². The Morgan fingerprint density at radius 1 is 0.425 bits per heavy atom. The summed E-state index contributed by atoms with van der Waals surface area (Å²) < 4.78 is 139. The second-order valence-electron chi connectivity index (χ2n) is 33.9. The van der Waals surface area contributed by atoms with E-state index in [0.717, 1.165) is 48.0 Å². The summed E-state index contributed by atoms with van der Waals surface area (Å²) in [7, 11) is 0. The lowest BCUT2D eigenvalue weighted by atomic mass is 9.97. The predicted molar refractivity (Wildman–Crippen MR) is 455 cm³/mol. The maximum Gasteiger partial charge on any atom is 0.412 e. The SMILES string of the molecule is CC(C)(C)OC(=O)Nc1ccc(C2=C(F)N=C([C@@H]3[C@H]4C[C@H]4c4cc(-c5cc(Cl)ccc5-n5cnnn5)cc(=O)n43)C2)c(F)c1F.CC(C)(C)OC(=O)Nc1ccc(C2=CN=C([C@@H]3[C@H]4C[C@H]4c4cc(-c5cc(Cl)ccc5-n5cnnn5)cc(=O)n43)C2)c(F)c1F.Nc1ccc(C2=C(F)N=C([C@@H]3[C@H]4C[C@H]4c4cc(-c5cc(Cl)ccc5-n5cnnn5)cc(=O)n43)C2)c(F)c1F. The van der Waals surface area contributed by atoms with Crippen LogP contribution in [0.2, 0.25) is 15.1 Å². The molecule has 9 aliphatic rings. The van der Waals surface area contributed by atoms with Gasteiger partial charge in [-0.15, -0.1) is 15.3 Å². The van der Waals surface area contributed by atoms with Gasteiger partial charge < -0.3 is 28.9 Å². The van der Waals surface area contributed by atoms with Crippen molar-refractivity contribution in [2.45, 2.75) is 127 Å². The van der Waals surface area contributed by atoms with Crippen molar-refractivity contribution in [3.05, 3.63) is 279 Å². The zero-order chi connectivity index (χ0) is 89.0. The molecular weight excluding hydrogens is 1720 g/mol. The van der Waals surface area contributed by atoms with Gasteiger partial charge in [0.15, 0.2) is 34.9 Å². The molecule has 0 bridgehead atoms. The number of carbonyl (C=O) groups is 2. The number of amides is 2. The van der Waals surface area contributed by atoms with E-state index in [2.05, 4.69) is 72.2 Å². The number of fused-ring (bicyclic) bond motifs is 9. The number of aromatic nitrogens is 15. The highest BCUT2D eigenvalue weighted by Gasteiger charge is 2.58. The van der Waals surface area contributed by atoms with E-state index in [4.69, 9.17) is 50.0 Å². The number of ether oxygens (including phenoxy) is 2. The predicted octanol–water partition coefficient (Wildman–Crippen LogP) is 17.8. The fraction of sp³-hybridized carbons (Fsp3) is 0.261. The molecule has 6 aromatic carbocycles. The Morgan fingerprint density at radius 2 is 0.780 bits per heavy atom. The number of allylic oxidation sites excluding steroid dienone is 3. The first-order chi connectivity index (χ1) is 60.7. The number of aliphatic imine (C=N–C) groups is 3. The largest absolute Gasteiger partial charge is 0.444 e. The molecule has 6 aliphatic heterocycles. The van der Waals surface area contributed by atoms with Gasteiger partial charge in [-0.1, -0.05) is 34.8 Å². The number of hydrogen-bond acceptors (Lipinski definition) is 20. The molecule has 12 heterocycles. The van der Waals surface area contributed by atoms with Gasteiger partial charge in [-0.3, -0.25) is 30.0 Å². The van der Waals surface area contributed by atoms with E-state index in [0.29, 0.717) is 82.7 Å². The number of nitrogens with two attached hydrogens (primary N) is 1. The second kappa shape index (κ2) is 31.4. The highest BCUT2D eigenvalue weighted by Crippen LogP contribution is 2.64. The number of nitrogens with zero attached hydrogens (tertiary/aromatic N) is 18. The molecule has 4 N–H and O–H groups in total. The molecule has 3 aliphatic carbocycles. The lowest BCUT2D eigenvalue weighted by molar-refractivity contribution is 0.0624. The third-order valence-electron chi connectivity index (χ3n) is 23.6. The monoisotopic (exact) mass is 1790 g/mol. The van der Waals surface area contributed by atoms with E-state index in [-0.39, 0.29) is 117 Å². The van der Waals surface area contributed by atoms with Crippen molar-refractivity contribution < 1.29 is 54.2 Å². The van der Waals surface area contributed by atoms with E-state index in [1.54, 1.807) is 116 Å². The molecule has 0 saturated heterocycles. The first-order valence-corrected chi connectivity index (χ1v) is 41.1. The molecule has 0 unspecified atom stereocenters. The van der Waals surface area contributed by atoms with Crippen LogP contribution in [0.15, 0.2) is 194 Å². The summed E-state index contributed by atoms with van der Waals surface area (Å²) in [6.45, 7) is 9.91. The van der Waals surface area contributed by atoms with Gasteiger partial charge in [0.1, 0.15) is 30.2 Å². The van der Waals surface area contributed by atoms with Crippen molar-refractivity contribution in [2.24, 2.45) is 32.7 Å². The zero-order valence-corrected chi connectivity index (χ0v) is 69.8. The minimum Gasteiger partial charge on any atom is -0.444 e. The second-order valence-corrected chi connectivity index (χ2v) is 35.3. The highest BCUT2D eigenvalue weighted by atomic mass is 35.5. The number of tetrazole rings is 3. The van der Waals surface area contributed by atoms with Gasteiger partial charge in [0.2, 0.25) is 11.9 Å². The number of carbonyl (C=O) groups excluding carboxylic acids is 2. The molecule has 0 radical (unpaired) electrons. The Balaban J connectivity index is 0.000000125. The summed E-state index contributed by atoms with van der Waals surface area (Å²) in [5, 5.41) is 40.0. The smallest absolute Gasteiger partial charge is 0.412 e. The van der Waals surface area contributed by atoms with E-state index in [1.165, 1.54) is 81.7 Å². The average Bonchev–Trinajstić information content (AvgIpc) is 1.55. The highest BCUT2D eigenvalue weighted by molar-refractivity contribution is 6.31. The molecule has 28 nitrogen and oxygen atoms in total. The quantitative estimate of drug-likeness (QED) is 0.0517. The van der Waals surface area contributed by atoms with Crippen molar-refractivity contribution >= 4 is 97.9 Å². The van der Waals surface area contributed by atoms with Gasteiger partial charge in [-0.25, -0.2) is 45.9 Å². The fourth-order valence-corrected chi connectivity index (χ4v) is 18.6. The molecule has 21 rings (SSSR count). The Labute approximate surface area is 728 Å². The Kier molecular flexibility index (Phi) is 20.5. The molecule has 6 aromatic heterocycles. The summed E-state index contributed by atoms with van der Waals surface area (Å²) in [5.74, 6) is -8.65. The summed E-state index contributed by atoms with van der Waals surface area (Å²) in [6, 6.07) is 32.3. The number of rotatable bonds is 14. The Morgan fingerprint density at radius 3 is 1.15 bits per heavy atom.